The van der Waals surface area contributed by atoms with E-state index in [1.54, 1.807) is 14.1 Å². The molecule has 0 atom stereocenters. The highest BCUT2D eigenvalue weighted by Gasteiger charge is 2.41. The molecule has 1 rings (SSSR count). The molecule has 1 aliphatic rings. The summed E-state index contributed by atoms with van der Waals surface area (Å²) in [5, 5.41) is 0. The second kappa shape index (κ2) is 2.68. The highest BCUT2D eigenvalue weighted by Crippen LogP contribution is 2.31. The molecule has 4 nitrogen and oxygen atoms in total. The molecule has 1 heterocycles. The predicted octanol–water partition coefficient (Wildman–Crippen LogP) is 0.135. The highest BCUT2D eigenvalue weighted by molar-refractivity contribution is 7.86. The molecule has 0 aliphatic carbocycles. The molecule has 0 aromatic heterocycles. The van der Waals surface area contributed by atoms with Gasteiger partial charge in [-0.15, -0.1) is 0 Å². The fourth-order valence-corrected chi connectivity index (χ4v) is 2.79. The third-order valence-corrected chi connectivity index (χ3v) is 3.83. The third kappa shape index (κ3) is 1.62. The van der Waals surface area contributed by atoms with Crippen LogP contribution in [-0.4, -0.2) is 44.2 Å². The van der Waals surface area contributed by atoms with Gasteiger partial charge in [0.05, 0.1) is 0 Å². The summed E-state index contributed by atoms with van der Waals surface area (Å²) in [6.07, 6.45) is 0. The van der Waals surface area contributed by atoms with Crippen LogP contribution in [0.3, 0.4) is 0 Å². The molecular weight excluding hydrogens is 176 g/mol. The van der Waals surface area contributed by atoms with Gasteiger partial charge in [0.1, 0.15) is 0 Å². The standard InChI is InChI=1S/C7H16N2O2S/c1-7(2)5-9(6-7)12(10,11)8(3)4/h5-6H2,1-4H3. The van der Waals surface area contributed by atoms with Crippen molar-refractivity contribution in [3.8, 4) is 0 Å². The summed E-state index contributed by atoms with van der Waals surface area (Å²) in [6, 6.07) is 0. The Balaban J connectivity index is 2.65. The fraction of sp³-hybridized carbons (Fsp3) is 1.00. The van der Waals surface area contributed by atoms with Crippen molar-refractivity contribution in [2.45, 2.75) is 13.8 Å². The quantitative estimate of drug-likeness (QED) is 0.624. The number of rotatable bonds is 2. The Kier molecular flexibility index (Phi) is 2.22. The van der Waals surface area contributed by atoms with Gasteiger partial charge in [0, 0.05) is 27.2 Å². The molecule has 0 saturated carbocycles. The SMILES string of the molecule is CN(C)S(=O)(=O)N1CC(C)(C)C1. The van der Waals surface area contributed by atoms with Crippen LogP contribution in [0, 0.1) is 5.41 Å². The Hall–Kier alpha value is -0.130. The minimum Gasteiger partial charge on any atom is -0.195 e. The average Bonchev–Trinajstić information content (AvgIpc) is 1.82. The van der Waals surface area contributed by atoms with E-state index in [4.69, 9.17) is 0 Å². The van der Waals surface area contributed by atoms with Crippen LogP contribution >= 0.6 is 0 Å². The lowest BCUT2D eigenvalue weighted by molar-refractivity contribution is 0.105. The minimum atomic E-state index is -3.14. The van der Waals surface area contributed by atoms with E-state index >= 15 is 0 Å². The van der Waals surface area contributed by atoms with E-state index < -0.39 is 10.2 Å². The maximum absolute atomic E-state index is 11.5. The summed E-state index contributed by atoms with van der Waals surface area (Å²) in [6.45, 7) is 5.39. The van der Waals surface area contributed by atoms with Crippen LogP contribution in [0.15, 0.2) is 0 Å². The van der Waals surface area contributed by atoms with Crippen molar-refractivity contribution >= 4 is 10.2 Å². The molecule has 0 unspecified atom stereocenters. The van der Waals surface area contributed by atoms with Crippen LogP contribution in [0.4, 0.5) is 0 Å². The van der Waals surface area contributed by atoms with Gasteiger partial charge in [-0.05, 0) is 5.41 Å². The molecule has 5 heteroatoms. The first kappa shape index (κ1) is 9.95. The van der Waals surface area contributed by atoms with Crippen LogP contribution in [0.2, 0.25) is 0 Å². The van der Waals surface area contributed by atoms with Crippen LogP contribution in [0.1, 0.15) is 13.8 Å². The molecule has 0 amide bonds. The zero-order chi connectivity index (χ0) is 9.57. The number of hydrogen-bond acceptors (Lipinski definition) is 2. The van der Waals surface area contributed by atoms with Crippen LogP contribution in [-0.2, 0) is 10.2 Å². The largest absolute Gasteiger partial charge is 0.281 e. The molecule has 1 aliphatic heterocycles. The lowest BCUT2D eigenvalue weighted by Gasteiger charge is -2.45. The summed E-state index contributed by atoms with van der Waals surface area (Å²) < 4.78 is 25.6. The van der Waals surface area contributed by atoms with Gasteiger partial charge in [-0.25, -0.2) is 0 Å². The molecule has 0 aromatic rings. The van der Waals surface area contributed by atoms with Crippen LogP contribution < -0.4 is 0 Å². The van der Waals surface area contributed by atoms with Crippen LogP contribution in [0.25, 0.3) is 0 Å². The third-order valence-electron chi connectivity index (χ3n) is 2.00. The van der Waals surface area contributed by atoms with Gasteiger partial charge in [0.25, 0.3) is 10.2 Å². The molecule has 0 aromatic carbocycles. The van der Waals surface area contributed by atoms with Gasteiger partial charge >= 0.3 is 0 Å². The Bertz CT molecular complexity index is 261. The van der Waals surface area contributed by atoms with E-state index in [9.17, 15) is 8.42 Å². The molecule has 1 saturated heterocycles. The summed E-state index contributed by atoms with van der Waals surface area (Å²) in [5.41, 5.74) is 0.156. The average molecular weight is 192 g/mol. The van der Waals surface area contributed by atoms with E-state index in [0.717, 1.165) is 0 Å². The Morgan fingerprint density at radius 2 is 1.67 bits per heavy atom. The maximum atomic E-state index is 11.5. The zero-order valence-electron chi connectivity index (χ0n) is 8.03. The number of hydrogen-bond donors (Lipinski definition) is 0. The Morgan fingerprint density at radius 1 is 1.25 bits per heavy atom. The van der Waals surface area contributed by atoms with Gasteiger partial charge in [-0.1, -0.05) is 13.8 Å². The molecule has 72 valence electrons. The molecule has 0 bridgehead atoms. The second-order valence-corrected chi connectivity index (χ2v) is 6.36. The highest BCUT2D eigenvalue weighted by atomic mass is 32.2. The number of nitrogens with zero attached hydrogens (tertiary/aromatic N) is 2. The molecule has 12 heavy (non-hydrogen) atoms. The molecule has 0 spiro atoms. The monoisotopic (exact) mass is 192 g/mol. The van der Waals surface area contributed by atoms with Crippen molar-refractivity contribution in [2.75, 3.05) is 27.2 Å². The lowest BCUT2D eigenvalue weighted by atomic mass is 9.87. The van der Waals surface area contributed by atoms with E-state index in [1.807, 2.05) is 0 Å². The van der Waals surface area contributed by atoms with Crippen molar-refractivity contribution in [3.05, 3.63) is 0 Å². The first-order chi connectivity index (χ1) is 5.26. The Morgan fingerprint density at radius 3 is 1.92 bits per heavy atom. The molecular formula is C7H16N2O2S. The summed E-state index contributed by atoms with van der Waals surface area (Å²) >= 11 is 0. The van der Waals surface area contributed by atoms with Crippen LogP contribution in [0.5, 0.6) is 0 Å². The first-order valence-corrected chi connectivity index (χ1v) is 5.33. The normalized spacial score (nSPS) is 24.1. The van der Waals surface area contributed by atoms with Gasteiger partial charge in [0.15, 0.2) is 0 Å². The van der Waals surface area contributed by atoms with Gasteiger partial charge < -0.3 is 0 Å². The lowest BCUT2D eigenvalue weighted by Crippen LogP contribution is -2.57. The zero-order valence-corrected chi connectivity index (χ0v) is 8.85. The van der Waals surface area contributed by atoms with E-state index in [2.05, 4.69) is 13.8 Å². The summed E-state index contributed by atoms with van der Waals surface area (Å²) in [5.74, 6) is 0. The predicted molar refractivity (Wildman–Crippen MR) is 48.0 cm³/mol. The molecule has 0 N–H and O–H groups in total. The van der Waals surface area contributed by atoms with Crippen molar-refractivity contribution in [1.29, 1.82) is 0 Å². The van der Waals surface area contributed by atoms with Crippen molar-refractivity contribution in [3.63, 3.8) is 0 Å². The molecule has 0 radical (unpaired) electrons. The molecule has 1 fully saturated rings. The Labute approximate surface area is 74.3 Å². The summed E-state index contributed by atoms with van der Waals surface area (Å²) in [7, 11) is -0.0321. The van der Waals surface area contributed by atoms with Gasteiger partial charge in [-0.3, -0.25) is 0 Å². The minimum absolute atomic E-state index is 0.156. The van der Waals surface area contributed by atoms with Crippen molar-refractivity contribution in [1.82, 2.24) is 8.61 Å². The fourth-order valence-electron chi connectivity index (χ4n) is 1.30. The first-order valence-electron chi connectivity index (χ1n) is 3.93. The van der Waals surface area contributed by atoms with E-state index in [-0.39, 0.29) is 5.41 Å². The smallest absolute Gasteiger partial charge is 0.195 e. The van der Waals surface area contributed by atoms with Gasteiger partial charge in [-0.2, -0.15) is 17.0 Å². The maximum Gasteiger partial charge on any atom is 0.281 e. The second-order valence-electron chi connectivity index (χ2n) is 4.22. The topological polar surface area (TPSA) is 40.6 Å². The van der Waals surface area contributed by atoms with Gasteiger partial charge in [0.2, 0.25) is 0 Å². The van der Waals surface area contributed by atoms with E-state index in [0.29, 0.717) is 13.1 Å². The van der Waals surface area contributed by atoms with E-state index in [1.165, 1.54) is 8.61 Å². The summed E-state index contributed by atoms with van der Waals surface area (Å²) in [4.78, 5) is 0. The van der Waals surface area contributed by atoms with Crippen molar-refractivity contribution < 1.29 is 8.42 Å². The van der Waals surface area contributed by atoms with Crippen molar-refractivity contribution in [2.24, 2.45) is 5.41 Å².